The molecule has 1 atom stereocenters. The lowest BCUT2D eigenvalue weighted by molar-refractivity contribution is -0.661. The van der Waals surface area contributed by atoms with Gasteiger partial charge in [0, 0.05) is 12.0 Å². The van der Waals surface area contributed by atoms with Gasteiger partial charge in [-0.1, -0.05) is 18.2 Å². The second kappa shape index (κ2) is 6.02. The van der Waals surface area contributed by atoms with E-state index < -0.39 is 5.72 Å². The van der Waals surface area contributed by atoms with Gasteiger partial charge in [-0.05, 0) is 43.2 Å². The van der Waals surface area contributed by atoms with E-state index in [4.69, 9.17) is 9.47 Å². The third-order valence-electron chi connectivity index (χ3n) is 5.55. The Morgan fingerprint density at radius 2 is 1.77 bits per heavy atom. The monoisotopic (exact) mass is 351 g/mol. The number of rotatable bonds is 2. The quantitative estimate of drug-likeness (QED) is 0.845. The molecule has 2 aromatic carbocycles. The molecule has 0 saturated heterocycles. The standard InChI is InChI=1S/C21H23N2O3/c24-21(16-9-10-18-19(14-16)26-13-12-25-18)15-22(17-6-2-1-3-7-17)20-8-4-5-11-23(20)21/h1-3,6-7,9-10,14,24H,4-5,8,11-13,15H2/q+1. The Hall–Kier alpha value is -2.53. The molecule has 3 aliphatic heterocycles. The lowest BCUT2D eigenvalue weighted by atomic mass is 10.0. The van der Waals surface area contributed by atoms with Gasteiger partial charge >= 0.3 is 0 Å². The van der Waals surface area contributed by atoms with Crippen molar-refractivity contribution < 1.29 is 19.2 Å². The number of benzene rings is 2. The molecule has 0 radical (unpaired) electrons. The van der Waals surface area contributed by atoms with Gasteiger partial charge in [-0.2, -0.15) is 0 Å². The largest absolute Gasteiger partial charge is 0.486 e. The van der Waals surface area contributed by atoms with Crippen LogP contribution in [-0.4, -0.2) is 41.8 Å². The number of anilines is 1. The summed E-state index contributed by atoms with van der Waals surface area (Å²) in [5.41, 5.74) is 0.934. The number of aliphatic hydroxyl groups is 1. The normalized spacial score (nSPS) is 24.6. The molecule has 1 N–H and O–H groups in total. The van der Waals surface area contributed by atoms with Gasteiger partial charge in [0.05, 0.1) is 6.54 Å². The van der Waals surface area contributed by atoms with E-state index in [1.54, 1.807) is 0 Å². The van der Waals surface area contributed by atoms with Crippen molar-refractivity contribution in [1.29, 1.82) is 0 Å². The highest BCUT2D eigenvalue weighted by atomic mass is 16.6. The second-order valence-corrected chi connectivity index (χ2v) is 7.12. The summed E-state index contributed by atoms with van der Waals surface area (Å²) in [5.74, 6) is 2.68. The number of β-amino-alcohol motifs (C(OH)–C–C–N with tert-alkyl or cyclic N) is 1. The van der Waals surface area contributed by atoms with Crippen molar-refractivity contribution in [2.75, 3.05) is 31.2 Å². The summed E-state index contributed by atoms with van der Waals surface area (Å²) in [5, 5.41) is 11.8. The lowest BCUT2D eigenvalue weighted by Crippen LogP contribution is -2.41. The zero-order valence-corrected chi connectivity index (χ0v) is 14.7. The minimum absolute atomic E-state index is 0.520. The molecule has 0 bridgehead atoms. The molecular weight excluding hydrogens is 328 g/mol. The smallest absolute Gasteiger partial charge is 0.271 e. The Balaban J connectivity index is 1.59. The van der Waals surface area contributed by atoms with Crippen molar-refractivity contribution in [3.05, 3.63) is 54.1 Å². The number of amidine groups is 1. The zero-order valence-electron chi connectivity index (χ0n) is 14.7. The maximum atomic E-state index is 11.8. The molecule has 3 heterocycles. The molecule has 0 aromatic heterocycles. The number of nitrogens with zero attached hydrogens (tertiary/aromatic N) is 2. The van der Waals surface area contributed by atoms with Crippen LogP contribution < -0.4 is 14.4 Å². The predicted octanol–water partition coefficient (Wildman–Crippen LogP) is 2.72. The number of fused-ring (bicyclic) bond motifs is 1. The number of para-hydroxylation sites is 1. The molecule has 0 fully saturated rings. The fraction of sp³-hybridized carbons (Fsp3) is 0.381. The van der Waals surface area contributed by atoms with Crippen LogP contribution in [0.1, 0.15) is 24.8 Å². The minimum Gasteiger partial charge on any atom is -0.486 e. The maximum absolute atomic E-state index is 11.8. The van der Waals surface area contributed by atoms with Crippen LogP contribution in [0.15, 0.2) is 48.5 Å². The highest BCUT2D eigenvalue weighted by Gasteiger charge is 2.52. The van der Waals surface area contributed by atoms with Crippen LogP contribution in [0.2, 0.25) is 0 Å². The first-order chi connectivity index (χ1) is 12.8. The minimum atomic E-state index is -1.05. The van der Waals surface area contributed by atoms with Crippen molar-refractivity contribution in [2.45, 2.75) is 25.0 Å². The summed E-state index contributed by atoms with van der Waals surface area (Å²) in [6.07, 6.45) is 3.24. The third-order valence-corrected chi connectivity index (χ3v) is 5.55. The van der Waals surface area contributed by atoms with Gasteiger partial charge in [-0.3, -0.25) is 0 Å². The Morgan fingerprint density at radius 1 is 0.962 bits per heavy atom. The molecule has 0 amide bonds. The first kappa shape index (κ1) is 15.7. The van der Waals surface area contributed by atoms with Crippen LogP contribution in [0.5, 0.6) is 11.5 Å². The van der Waals surface area contributed by atoms with E-state index in [9.17, 15) is 5.11 Å². The molecule has 0 saturated carbocycles. The fourth-order valence-corrected chi connectivity index (χ4v) is 4.28. The summed E-state index contributed by atoms with van der Waals surface area (Å²) >= 11 is 0. The molecule has 5 nitrogen and oxygen atoms in total. The summed E-state index contributed by atoms with van der Waals surface area (Å²) in [6.45, 7) is 2.50. The lowest BCUT2D eigenvalue weighted by Gasteiger charge is -2.26. The Morgan fingerprint density at radius 3 is 2.62 bits per heavy atom. The van der Waals surface area contributed by atoms with E-state index >= 15 is 0 Å². The summed E-state index contributed by atoms with van der Waals surface area (Å²) in [4.78, 5) is 2.26. The SMILES string of the molecule is OC1(c2ccc3c(c2)OCCO3)CN(c2ccccc2)C2=[N+]1CCCC2. The maximum Gasteiger partial charge on any atom is 0.271 e. The van der Waals surface area contributed by atoms with Gasteiger partial charge < -0.3 is 14.6 Å². The molecule has 134 valence electrons. The highest BCUT2D eigenvalue weighted by Crippen LogP contribution is 2.39. The van der Waals surface area contributed by atoms with Gasteiger partial charge in [-0.25, -0.2) is 9.48 Å². The topological polar surface area (TPSA) is 44.9 Å². The van der Waals surface area contributed by atoms with Crippen LogP contribution >= 0.6 is 0 Å². The van der Waals surface area contributed by atoms with Crippen LogP contribution in [-0.2, 0) is 5.72 Å². The number of hydrogen-bond acceptors (Lipinski definition) is 4. The average molecular weight is 351 g/mol. The van der Waals surface area contributed by atoms with Crippen LogP contribution in [0.4, 0.5) is 5.69 Å². The van der Waals surface area contributed by atoms with E-state index in [0.717, 1.165) is 48.6 Å². The van der Waals surface area contributed by atoms with Gasteiger partial charge in [0.2, 0.25) is 0 Å². The van der Waals surface area contributed by atoms with E-state index in [-0.39, 0.29) is 0 Å². The van der Waals surface area contributed by atoms with E-state index in [2.05, 4.69) is 21.6 Å². The van der Waals surface area contributed by atoms with Crippen molar-refractivity contribution in [1.82, 2.24) is 0 Å². The van der Waals surface area contributed by atoms with Gasteiger partial charge in [0.15, 0.2) is 18.0 Å². The summed E-state index contributed by atoms with van der Waals surface area (Å²) in [6, 6.07) is 16.1. The number of ether oxygens (including phenoxy) is 2. The zero-order chi connectivity index (χ0) is 17.6. The molecule has 26 heavy (non-hydrogen) atoms. The van der Waals surface area contributed by atoms with Gasteiger partial charge in [0.25, 0.3) is 11.6 Å². The molecule has 3 aliphatic rings. The third kappa shape index (κ3) is 2.38. The fourth-order valence-electron chi connectivity index (χ4n) is 4.28. The molecular formula is C21H23N2O3+. The summed E-state index contributed by atoms with van der Waals surface area (Å²) < 4.78 is 13.6. The molecule has 1 unspecified atom stereocenters. The first-order valence-corrected chi connectivity index (χ1v) is 9.34. The highest BCUT2D eigenvalue weighted by molar-refractivity contribution is 5.96. The molecule has 2 aromatic rings. The Bertz CT molecular complexity index is 865. The van der Waals surface area contributed by atoms with Crippen molar-refractivity contribution in [3.63, 3.8) is 0 Å². The van der Waals surface area contributed by atoms with Crippen molar-refractivity contribution >= 4 is 11.5 Å². The van der Waals surface area contributed by atoms with Crippen LogP contribution in [0.3, 0.4) is 0 Å². The molecule has 5 heteroatoms. The predicted molar refractivity (Wildman–Crippen MR) is 99.1 cm³/mol. The first-order valence-electron chi connectivity index (χ1n) is 9.34. The molecule has 5 rings (SSSR count). The molecule has 0 aliphatic carbocycles. The Labute approximate surface area is 153 Å². The van der Waals surface area contributed by atoms with Crippen molar-refractivity contribution in [3.8, 4) is 11.5 Å². The molecule has 0 spiro atoms. The Kier molecular flexibility index (Phi) is 3.64. The van der Waals surface area contributed by atoms with Crippen molar-refractivity contribution in [2.24, 2.45) is 0 Å². The van der Waals surface area contributed by atoms with Gasteiger partial charge in [-0.15, -0.1) is 0 Å². The number of hydrogen-bond donors (Lipinski definition) is 1. The summed E-state index contributed by atoms with van der Waals surface area (Å²) in [7, 11) is 0. The van der Waals surface area contributed by atoms with E-state index in [0.29, 0.717) is 19.8 Å². The van der Waals surface area contributed by atoms with E-state index in [1.807, 2.05) is 36.4 Å². The van der Waals surface area contributed by atoms with Crippen LogP contribution in [0, 0.1) is 0 Å². The van der Waals surface area contributed by atoms with Gasteiger partial charge in [0.1, 0.15) is 18.9 Å². The van der Waals surface area contributed by atoms with Crippen LogP contribution in [0.25, 0.3) is 0 Å². The second-order valence-electron chi connectivity index (χ2n) is 7.12. The average Bonchev–Trinajstić information content (AvgIpc) is 3.03. The van der Waals surface area contributed by atoms with E-state index in [1.165, 1.54) is 5.84 Å².